The van der Waals surface area contributed by atoms with E-state index in [2.05, 4.69) is 10.6 Å². The maximum Gasteiger partial charge on any atom is 0.306 e. The zero-order chi connectivity index (χ0) is 25.4. The molecule has 1 aliphatic rings. The van der Waals surface area contributed by atoms with Crippen molar-refractivity contribution in [2.24, 2.45) is 5.92 Å². The first-order valence-electron chi connectivity index (χ1n) is 11.5. The Morgan fingerprint density at radius 3 is 2.31 bits per heavy atom. The number of carbonyl (C=O) groups is 3. The number of hydrogen-bond acceptors (Lipinski definition) is 5. The second-order valence-corrected chi connectivity index (χ2v) is 8.57. The number of amides is 2. The van der Waals surface area contributed by atoms with Crippen LogP contribution in [0.2, 0.25) is 5.02 Å². The number of benzene rings is 2. The molecular weight excluding hydrogens is 479 g/mol. The van der Waals surface area contributed by atoms with Gasteiger partial charge in [0.2, 0.25) is 0 Å². The number of halogens is 2. The van der Waals surface area contributed by atoms with Crippen molar-refractivity contribution in [1.82, 2.24) is 10.6 Å². The van der Waals surface area contributed by atoms with Crippen LogP contribution in [0.5, 0.6) is 11.5 Å². The molecule has 1 aliphatic carbocycles. The van der Waals surface area contributed by atoms with E-state index < -0.39 is 17.7 Å². The number of ether oxygens (including phenoxy) is 2. The van der Waals surface area contributed by atoms with Crippen molar-refractivity contribution in [3.63, 3.8) is 0 Å². The summed E-state index contributed by atoms with van der Waals surface area (Å²) in [6.07, 6.45) is 2.01. The van der Waals surface area contributed by atoms with Gasteiger partial charge < -0.3 is 25.2 Å². The van der Waals surface area contributed by atoms with Crippen LogP contribution in [0.4, 0.5) is 4.39 Å². The van der Waals surface area contributed by atoms with Gasteiger partial charge in [0.15, 0.2) is 0 Å². The summed E-state index contributed by atoms with van der Waals surface area (Å²) in [4.78, 5) is 35.6. The third-order valence-corrected chi connectivity index (χ3v) is 6.00. The highest BCUT2D eigenvalue weighted by atomic mass is 35.5. The zero-order valence-corrected chi connectivity index (χ0v) is 20.1. The molecule has 188 valence electrons. The van der Waals surface area contributed by atoms with Crippen molar-refractivity contribution in [2.45, 2.75) is 38.7 Å². The summed E-state index contributed by atoms with van der Waals surface area (Å²) in [5, 5.41) is 14.6. The highest BCUT2D eigenvalue weighted by molar-refractivity contribution is 6.32. The molecule has 10 heteroatoms. The maximum absolute atomic E-state index is 14.5. The molecule has 1 saturated carbocycles. The third-order valence-electron chi connectivity index (χ3n) is 5.70. The largest absolute Gasteiger partial charge is 0.492 e. The lowest BCUT2D eigenvalue weighted by Crippen LogP contribution is -2.35. The SMILES string of the molecule is CCOc1ccc(C(=O)NCCNC(=O)c2ccc(OC3CCC(C(=O)O)CC3)cc2F)cc1Cl. The summed E-state index contributed by atoms with van der Waals surface area (Å²) < 4.78 is 25.6. The first kappa shape index (κ1) is 26.3. The number of nitrogens with one attached hydrogen (secondary N) is 2. The molecule has 0 radical (unpaired) electrons. The minimum Gasteiger partial charge on any atom is -0.492 e. The molecule has 3 N–H and O–H groups in total. The van der Waals surface area contributed by atoms with Gasteiger partial charge in [0.05, 0.1) is 29.2 Å². The Hall–Kier alpha value is -3.33. The Labute approximate surface area is 207 Å². The summed E-state index contributed by atoms with van der Waals surface area (Å²) in [5.41, 5.74) is 0.208. The first-order chi connectivity index (χ1) is 16.8. The van der Waals surface area contributed by atoms with Crippen molar-refractivity contribution in [2.75, 3.05) is 19.7 Å². The van der Waals surface area contributed by atoms with Gasteiger partial charge in [-0.05, 0) is 62.9 Å². The van der Waals surface area contributed by atoms with Gasteiger partial charge in [0.1, 0.15) is 17.3 Å². The lowest BCUT2D eigenvalue weighted by Gasteiger charge is -2.26. The normalized spacial score (nSPS) is 17.3. The predicted octanol–water partition coefficient (Wildman–Crippen LogP) is 4.06. The van der Waals surface area contributed by atoms with E-state index in [4.69, 9.17) is 26.2 Å². The average Bonchev–Trinajstić information content (AvgIpc) is 2.83. The molecular formula is C25H28ClFN2O6. The van der Waals surface area contributed by atoms with Crippen molar-refractivity contribution in [3.05, 3.63) is 58.4 Å². The van der Waals surface area contributed by atoms with E-state index in [9.17, 15) is 18.8 Å². The highest BCUT2D eigenvalue weighted by Crippen LogP contribution is 2.28. The fourth-order valence-electron chi connectivity index (χ4n) is 3.84. The molecule has 0 unspecified atom stereocenters. The van der Waals surface area contributed by atoms with E-state index in [-0.39, 0.29) is 36.6 Å². The number of carbonyl (C=O) groups excluding carboxylic acids is 2. The number of aliphatic carboxylic acids is 1. The van der Waals surface area contributed by atoms with E-state index in [1.165, 1.54) is 18.2 Å². The van der Waals surface area contributed by atoms with Crippen LogP contribution in [0.3, 0.4) is 0 Å². The Kier molecular flexibility index (Phi) is 9.31. The number of hydrogen-bond donors (Lipinski definition) is 3. The second-order valence-electron chi connectivity index (χ2n) is 8.16. The van der Waals surface area contributed by atoms with Gasteiger partial charge in [-0.15, -0.1) is 0 Å². The van der Waals surface area contributed by atoms with Gasteiger partial charge in [-0.25, -0.2) is 4.39 Å². The topological polar surface area (TPSA) is 114 Å². The molecule has 35 heavy (non-hydrogen) atoms. The Balaban J connectivity index is 1.44. The lowest BCUT2D eigenvalue weighted by molar-refractivity contribution is -0.143. The maximum atomic E-state index is 14.5. The molecule has 0 atom stereocenters. The smallest absolute Gasteiger partial charge is 0.306 e. The summed E-state index contributed by atoms with van der Waals surface area (Å²) in [5.74, 6) is -2.09. The Bertz CT molecular complexity index is 1070. The van der Waals surface area contributed by atoms with Crippen LogP contribution < -0.4 is 20.1 Å². The van der Waals surface area contributed by atoms with Gasteiger partial charge in [-0.1, -0.05) is 11.6 Å². The number of carboxylic acid groups (broad SMARTS) is 1. The molecule has 0 aromatic heterocycles. The predicted molar refractivity (Wildman–Crippen MR) is 128 cm³/mol. The van der Waals surface area contributed by atoms with E-state index >= 15 is 0 Å². The summed E-state index contributed by atoms with van der Waals surface area (Å²) >= 11 is 6.09. The Morgan fingerprint density at radius 1 is 1.03 bits per heavy atom. The summed E-state index contributed by atoms with van der Waals surface area (Å²) in [6.45, 7) is 2.52. The first-order valence-corrected chi connectivity index (χ1v) is 11.8. The van der Waals surface area contributed by atoms with Crippen molar-refractivity contribution >= 4 is 29.4 Å². The molecule has 3 rings (SSSR count). The van der Waals surface area contributed by atoms with Gasteiger partial charge in [0, 0.05) is 24.7 Å². The van der Waals surface area contributed by atoms with Gasteiger partial charge in [-0.3, -0.25) is 14.4 Å². The molecule has 2 aromatic carbocycles. The molecule has 2 aromatic rings. The molecule has 0 bridgehead atoms. The molecule has 1 fully saturated rings. The van der Waals surface area contributed by atoms with Crippen molar-refractivity contribution in [1.29, 1.82) is 0 Å². The summed E-state index contributed by atoms with van der Waals surface area (Å²) in [7, 11) is 0. The quantitative estimate of drug-likeness (QED) is 0.419. The van der Waals surface area contributed by atoms with E-state index in [0.717, 1.165) is 6.07 Å². The van der Waals surface area contributed by atoms with Gasteiger partial charge in [-0.2, -0.15) is 0 Å². The monoisotopic (exact) mass is 506 g/mol. The van der Waals surface area contributed by atoms with Crippen molar-refractivity contribution < 1.29 is 33.4 Å². The minimum atomic E-state index is -0.801. The van der Waals surface area contributed by atoms with Gasteiger partial charge >= 0.3 is 5.97 Å². The van der Waals surface area contributed by atoms with Crippen molar-refractivity contribution in [3.8, 4) is 11.5 Å². The van der Waals surface area contributed by atoms with Crippen LogP contribution in [0.25, 0.3) is 0 Å². The van der Waals surface area contributed by atoms with Crippen LogP contribution in [0, 0.1) is 11.7 Å². The van der Waals surface area contributed by atoms with Gasteiger partial charge in [0.25, 0.3) is 11.8 Å². The number of rotatable bonds is 10. The molecule has 8 nitrogen and oxygen atoms in total. The van der Waals surface area contributed by atoms with E-state index in [1.807, 2.05) is 6.92 Å². The molecule has 0 saturated heterocycles. The van der Waals surface area contributed by atoms with Crippen LogP contribution in [0.1, 0.15) is 53.3 Å². The fraction of sp³-hybridized carbons (Fsp3) is 0.400. The van der Waals surface area contributed by atoms with Crippen LogP contribution in [-0.2, 0) is 4.79 Å². The highest BCUT2D eigenvalue weighted by Gasteiger charge is 2.27. The lowest BCUT2D eigenvalue weighted by atomic mass is 9.87. The zero-order valence-electron chi connectivity index (χ0n) is 19.3. The Morgan fingerprint density at radius 2 is 1.71 bits per heavy atom. The van der Waals surface area contributed by atoms with E-state index in [1.54, 1.807) is 12.1 Å². The van der Waals surface area contributed by atoms with Crippen LogP contribution in [-0.4, -0.2) is 48.7 Å². The fourth-order valence-corrected chi connectivity index (χ4v) is 4.07. The molecule has 0 spiro atoms. The third kappa shape index (κ3) is 7.32. The minimum absolute atomic E-state index is 0.0971. The molecule has 2 amide bonds. The second kappa shape index (κ2) is 12.4. The van der Waals surface area contributed by atoms with Crippen LogP contribution >= 0.6 is 11.6 Å². The van der Waals surface area contributed by atoms with E-state index in [0.29, 0.717) is 54.4 Å². The molecule has 0 heterocycles. The summed E-state index contributed by atoms with van der Waals surface area (Å²) in [6, 6.07) is 8.69. The molecule has 0 aliphatic heterocycles. The standard InChI is InChI=1S/C25H28ClFN2O6/c1-2-34-22-10-5-16(13-20(22)26)23(30)28-11-12-29-24(31)19-9-8-18(14-21(19)27)35-17-6-3-15(4-7-17)25(32)33/h5,8-10,13-15,17H,2-4,6-7,11-12H2,1H3,(H,28,30)(H,29,31)(H,32,33). The van der Waals surface area contributed by atoms with Crippen LogP contribution in [0.15, 0.2) is 36.4 Å². The number of carboxylic acids is 1. The average molecular weight is 507 g/mol.